The molecular weight excluding hydrogens is 470 g/mol. The van der Waals surface area contributed by atoms with E-state index in [1.807, 2.05) is 56.3 Å². The molecule has 0 aliphatic carbocycles. The van der Waals surface area contributed by atoms with Gasteiger partial charge in [-0.2, -0.15) is 19.9 Å². The Labute approximate surface area is 212 Å². The summed E-state index contributed by atoms with van der Waals surface area (Å²) in [5, 5.41) is 12.2. The molecule has 5 rings (SSSR count). The molecule has 188 valence electrons. The Bertz CT molecular complexity index is 1660. The topological polar surface area (TPSA) is 120 Å². The number of aryl methyl sites for hydroxylation is 3. The molecule has 0 saturated carbocycles. The summed E-state index contributed by atoms with van der Waals surface area (Å²) in [5.41, 5.74) is 4.72. The van der Waals surface area contributed by atoms with E-state index < -0.39 is 0 Å². The Balaban J connectivity index is 1.44. The summed E-state index contributed by atoms with van der Waals surface area (Å²) in [7, 11) is 1.62. The lowest BCUT2D eigenvalue weighted by Gasteiger charge is -2.11. The summed E-state index contributed by atoms with van der Waals surface area (Å²) in [5.74, 6) is 1.19. The molecule has 0 aliphatic rings. The number of nitrogens with zero attached hydrogens (tertiary/aromatic N) is 5. The van der Waals surface area contributed by atoms with Gasteiger partial charge in [-0.3, -0.25) is 14.6 Å². The summed E-state index contributed by atoms with van der Waals surface area (Å²) < 4.78 is 8.26. The van der Waals surface area contributed by atoms with Crippen LogP contribution in [0.2, 0.25) is 0 Å². The minimum atomic E-state index is -0.346. The minimum Gasteiger partial charge on any atom is -0.497 e. The predicted octanol–water partition coefficient (Wildman–Crippen LogP) is 3.80. The number of nitrogens with one attached hydrogen (secondary N) is 2. The number of fused-ring (bicyclic) bond motifs is 1. The fourth-order valence-electron chi connectivity index (χ4n) is 4.15. The molecule has 0 atom stereocenters. The smallest absolute Gasteiger partial charge is 0.263 e. The van der Waals surface area contributed by atoms with E-state index in [0.717, 1.165) is 28.1 Å². The number of aromatic amines is 1. The number of benzene rings is 2. The van der Waals surface area contributed by atoms with Gasteiger partial charge in [-0.1, -0.05) is 24.3 Å². The van der Waals surface area contributed by atoms with Gasteiger partial charge >= 0.3 is 0 Å². The molecule has 3 heterocycles. The van der Waals surface area contributed by atoms with Gasteiger partial charge < -0.3 is 10.1 Å². The molecule has 1 amide bonds. The van der Waals surface area contributed by atoms with Gasteiger partial charge in [0.25, 0.3) is 5.56 Å². The second kappa shape index (κ2) is 9.73. The minimum absolute atomic E-state index is 0.180. The molecule has 0 aliphatic heterocycles. The number of amides is 1. The lowest BCUT2D eigenvalue weighted by Crippen LogP contribution is -2.19. The zero-order valence-electron chi connectivity index (χ0n) is 21.1. The van der Waals surface area contributed by atoms with Gasteiger partial charge in [0.2, 0.25) is 11.9 Å². The largest absolute Gasteiger partial charge is 0.497 e. The summed E-state index contributed by atoms with van der Waals surface area (Å²) in [4.78, 5) is 33.2. The third-order valence-electron chi connectivity index (χ3n) is 6.33. The quantitative estimate of drug-likeness (QED) is 0.353. The number of methoxy groups -OCH3 is 1. The van der Waals surface area contributed by atoms with Crippen LogP contribution in [0.5, 0.6) is 5.75 Å². The lowest BCUT2D eigenvalue weighted by atomic mass is 10.1. The Morgan fingerprint density at radius 2 is 1.86 bits per heavy atom. The van der Waals surface area contributed by atoms with Crippen LogP contribution in [0.25, 0.3) is 22.7 Å². The first kappa shape index (κ1) is 24.0. The Kier molecular flexibility index (Phi) is 6.31. The van der Waals surface area contributed by atoms with Crippen LogP contribution >= 0.6 is 0 Å². The van der Waals surface area contributed by atoms with Gasteiger partial charge in [-0.05, 0) is 62.1 Å². The number of rotatable bonds is 7. The number of H-pyrrole nitrogens is 1. The van der Waals surface area contributed by atoms with E-state index in [9.17, 15) is 9.59 Å². The van der Waals surface area contributed by atoms with Crippen LogP contribution in [-0.4, -0.2) is 42.5 Å². The van der Waals surface area contributed by atoms with Gasteiger partial charge in [0.15, 0.2) is 5.65 Å². The maximum Gasteiger partial charge on any atom is 0.263 e. The van der Waals surface area contributed by atoms with Crippen LogP contribution in [0.15, 0.2) is 59.5 Å². The number of hydrogen-bond acceptors (Lipinski definition) is 6. The second-order valence-corrected chi connectivity index (χ2v) is 8.88. The maximum atomic E-state index is 12.9. The highest BCUT2D eigenvalue weighted by atomic mass is 16.5. The molecular formula is C27H27N7O3. The fourth-order valence-corrected chi connectivity index (χ4v) is 4.15. The lowest BCUT2D eigenvalue weighted by molar-refractivity contribution is -0.116. The van der Waals surface area contributed by atoms with Crippen molar-refractivity contribution in [2.24, 2.45) is 0 Å². The molecule has 0 saturated heterocycles. The van der Waals surface area contributed by atoms with E-state index in [1.54, 1.807) is 24.8 Å². The average molecular weight is 498 g/mol. The highest BCUT2D eigenvalue weighted by Gasteiger charge is 2.18. The molecule has 10 nitrogen and oxygen atoms in total. The van der Waals surface area contributed by atoms with E-state index in [1.165, 1.54) is 10.9 Å². The van der Waals surface area contributed by atoms with Gasteiger partial charge in [-0.15, -0.1) is 0 Å². The molecule has 0 unspecified atom stereocenters. The van der Waals surface area contributed by atoms with Crippen molar-refractivity contribution < 1.29 is 9.53 Å². The highest BCUT2D eigenvalue weighted by molar-refractivity contribution is 5.90. The molecule has 2 N–H and O–H groups in total. The van der Waals surface area contributed by atoms with Crippen molar-refractivity contribution in [3.05, 3.63) is 87.5 Å². The third-order valence-corrected chi connectivity index (χ3v) is 6.33. The van der Waals surface area contributed by atoms with E-state index in [4.69, 9.17) is 4.74 Å². The van der Waals surface area contributed by atoms with Gasteiger partial charge in [-0.25, -0.2) is 4.68 Å². The van der Waals surface area contributed by atoms with Crippen LogP contribution < -0.4 is 15.6 Å². The van der Waals surface area contributed by atoms with Crippen LogP contribution in [0.3, 0.4) is 0 Å². The molecule has 2 aromatic carbocycles. The summed E-state index contributed by atoms with van der Waals surface area (Å²) >= 11 is 0. The van der Waals surface area contributed by atoms with E-state index in [0.29, 0.717) is 29.0 Å². The number of aromatic nitrogens is 6. The Morgan fingerprint density at radius 1 is 1.08 bits per heavy atom. The fraction of sp³-hybridized carbons (Fsp3) is 0.222. The normalized spacial score (nSPS) is 11.1. The Hall–Kier alpha value is -4.73. The number of ether oxygens (including phenoxy) is 1. The number of hydrogen-bond donors (Lipinski definition) is 2. The number of anilines is 1. The third kappa shape index (κ3) is 4.73. The summed E-state index contributed by atoms with van der Waals surface area (Å²) in [6.07, 6.45) is 2.35. The van der Waals surface area contributed by atoms with Crippen molar-refractivity contribution >= 4 is 22.8 Å². The molecule has 3 aromatic heterocycles. The van der Waals surface area contributed by atoms with Gasteiger partial charge in [0.05, 0.1) is 24.7 Å². The van der Waals surface area contributed by atoms with Crippen molar-refractivity contribution in [3.63, 3.8) is 0 Å². The maximum absolute atomic E-state index is 12.9. The standard InChI is InChI=1S/C27H27N7O3/c1-16-6-5-7-22(18(16)3)33-25-21(15-28-33)26(36)31-27(30-25)34-23(14-17(2)32-34)29-24(35)13-10-19-8-11-20(37-4)12-9-19/h5-9,11-12,14-15H,10,13H2,1-4H3,(H,29,35)(H,30,31,36). The van der Waals surface area contributed by atoms with Crippen molar-refractivity contribution in [1.82, 2.24) is 29.5 Å². The number of carbonyl (C=O) groups is 1. The van der Waals surface area contributed by atoms with Crippen molar-refractivity contribution in [1.29, 1.82) is 0 Å². The zero-order valence-corrected chi connectivity index (χ0v) is 21.1. The van der Waals surface area contributed by atoms with E-state index in [-0.39, 0.29) is 23.8 Å². The van der Waals surface area contributed by atoms with Crippen molar-refractivity contribution in [2.45, 2.75) is 33.6 Å². The van der Waals surface area contributed by atoms with E-state index in [2.05, 4.69) is 25.5 Å². The monoisotopic (exact) mass is 497 g/mol. The molecule has 10 heteroatoms. The second-order valence-electron chi connectivity index (χ2n) is 8.88. The number of carbonyl (C=O) groups excluding carboxylic acids is 1. The molecule has 5 aromatic rings. The van der Waals surface area contributed by atoms with Crippen LogP contribution in [0, 0.1) is 20.8 Å². The molecule has 37 heavy (non-hydrogen) atoms. The molecule has 0 radical (unpaired) electrons. The van der Waals surface area contributed by atoms with Crippen molar-refractivity contribution in [3.8, 4) is 17.4 Å². The molecule has 0 bridgehead atoms. The first-order valence-corrected chi connectivity index (χ1v) is 11.9. The average Bonchev–Trinajstić information content (AvgIpc) is 3.48. The zero-order chi connectivity index (χ0) is 26.1. The predicted molar refractivity (Wildman–Crippen MR) is 141 cm³/mol. The van der Waals surface area contributed by atoms with Crippen LogP contribution in [-0.2, 0) is 11.2 Å². The van der Waals surface area contributed by atoms with Crippen molar-refractivity contribution in [2.75, 3.05) is 12.4 Å². The van der Waals surface area contributed by atoms with Gasteiger partial charge in [0.1, 0.15) is 17.0 Å². The SMILES string of the molecule is COc1ccc(CCC(=O)Nc2cc(C)nn2-c2nc3c(cnn3-c3cccc(C)c3C)c(=O)[nH]2)cc1. The Morgan fingerprint density at radius 3 is 2.62 bits per heavy atom. The van der Waals surface area contributed by atoms with Crippen LogP contribution in [0.4, 0.5) is 5.82 Å². The van der Waals surface area contributed by atoms with E-state index >= 15 is 0 Å². The van der Waals surface area contributed by atoms with Crippen LogP contribution in [0.1, 0.15) is 28.8 Å². The first-order chi connectivity index (χ1) is 17.8. The summed E-state index contributed by atoms with van der Waals surface area (Å²) in [6.45, 7) is 5.83. The molecule has 0 fully saturated rings. The highest BCUT2D eigenvalue weighted by Crippen LogP contribution is 2.22. The summed E-state index contributed by atoms with van der Waals surface area (Å²) in [6, 6.07) is 15.2. The van der Waals surface area contributed by atoms with Gasteiger partial charge in [0, 0.05) is 12.5 Å². The first-order valence-electron chi connectivity index (χ1n) is 11.9. The molecule has 0 spiro atoms.